The number of hydrogen-bond acceptors (Lipinski definition) is 5. The van der Waals surface area contributed by atoms with Crippen molar-refractivity contribution in [2.75, 3.05) is 39.3 Å². The molecule has 1 atom stereocenters. The first-order valence-electron chi connectivity index (χ1n) is 6.18. The predicted molar refractivity (Wildman–Crippen MR) is 72.0 cm³/mol. The fourth-order valence-electron chi connectivity index (χ4n) is 1.96. The van der Waals surface area contributed by atoms with Crippen LogP contribution in [-0.4, -0.2) is 61.3 Å². The molecule has 6 heteroatoms. The van der Waals surface area contributed by atoms with Crippen molar-refractivity contribution in [1.82, 2.24) is 15.5 Å². The van der Waals surface area contributed by atoms with Crippen LogP contribution in [0, 0.1) is 0 Å². The molecule has 0 radical (unpaired) electrons. The van der Waals surface area contributed by atoms with E-state index < -0.39 is 6.10 Å². The maximum absolute atomic E-state index is 11.7. The molecule has 18 heavy (non-hydrogen) atoms. The molecule has 1 saturated heterocycles. The SMILES string of the molecule is O=C(NCC(O)CN1CCNCC1)c1cccs1. The lowest BCUT2D eigenvalue weighted by atomic mass is 10.2. The fraction of sp³-hybridized carbons (Fsp3) is 0.583. The number of amides is 1. The molecule has 1 aliphatic heterocycles. The quantitative estimate of drug-likeness (QED) is 0.689. The van der Waals surface area contributed by atoms with Crippen molar-refractivity contribution >= 4 is 17.2 Å². The highest BCUT2D eigenvalue weighted by molar-refractivity contribution is 7.12. The third-order valence-corrected chi connectivity index (χ3v) is 3.79. The van der Waals surface area contributed by atoms with Gasteiger partial charge in [-0.05, 0) is 11.4 Å². The number of aliphatic hydroxyl groups is 1. The maximum Gasteiger partial charge on any atom is 0.261 e. The van der Waals surface area contributed by atoms with Crippen LogP contribution in [0.5, 0.6) is 0 Å². The van der Waals surface area contributed by atoms with Crippen LogP contribution < -0.4 is 10.6 Å². The second-order valence-corrected chi connectivity index (χ2v) is 5.34. The molecule has 1 amide bonds. The second-order valence-electron chi connectivity index (χ2n) is 4.39. The number of carbonyl (C=O) groups is 1. The van der Waals surface area contributed by atoms with Gasteiger partial charge in [-0.2, -0.15) is 0 Å². The molecule has 0 aliphatic carbocycles. The van der Waals surface area contributed by atoms with Gasteiger partial charge in [-0.3, -0.25) is 9.69 Å². The minimum atomic E-state index is -0.507. The molecular formula is C12H19N3O2S. The van der Waals surface area contributed by atoms with Crippen LogP contribution in [0.4, 0.5) is 0 Å². The van der Waals surface area contributed by atoms with E-state index in [0.29, 0.717) is 18.0 Å². The largest absolute Gasteiger partial charge is 0.390 e. The Morgan fingerprint density at radius 3 is 3.00 bits per heavy atom. The number of carbonyl (C=O) groups excluding carboxylic acids is 1. The number of hydrogen-bond donors (Lipinski definition) is 3. The van der Waals surface area contributed by atoms with Gasteiger partial charge in [0.05, 0.1) is 11.0 Å². The summed E-state index contributed by atoms with van der Waals surface area (Å²) in [7, 11) is 0. The van der Waals surface area contributed by atoms with E-state index in [1.807, 2.05) is 11.4 Å². The van der Waals surface area contributed by atoms with Gasteiger partial charge in [0.25, 0.3) is 5.91 Å². The van der Waals surface area contributed by atoms with Crippen LogP contribution in [0.15, 0.2) is 17.5 Å². The molecule has 5 nitrogen and oxygen atoms in total. The highest BCUT2D eigenvalue weighted by Gasteiger charge is 2.15. The van der Waals surface area contributed by atoms with Crippen LogP contribution in [0.25, 0.3) is 0 Å². The van der Waals surface area contributed by atoms with Gasteiger partial charge in [0.15, 0.2) is 0 Å². The first kappa shape index (κ1) is 13.5. The van der Waals surface area contributed by atoms with Gasteiger partial charge in [-0.15, -0.1) is 11.3 Å². The smallest absolute Gasteiger partial charge is 0.261 e. The van der Waals surface area contributed by atoms with E-state index in [0.717, 1.165) is 26.2 Å². The molecule has 100 valence electrons. The minimum Gasteiger partial charge on any atom is -0.390 e. The predicted octanol–water partition coefficient (Wildman–Crippen LogP) is -0.256. The number of β-amino-alcohol motifs (C(OH)–C–C–N with tert-alkyl or cyclic N) is 1. The number of aliphatic hydroxyl groups excluding tert-OH is 1. The zero-order chi connectivity index (χ0) is 12.8. The standard InChI is InChI=1S/C12H19N3O2S/c16-10(9-15-5-3-13-4-6-15)8-14-12(17)11-2-1-7-18-11/h1-2,7,10,13,16H,3-6,8-9H2,(H,14,17). The molecule has 1 aromatic rings. The second kappa shape index (κ2) is 6.84. The summed E-state index contributed by atoms with van der Waals surface area (Å²) in [6.07, 6.45) is -0.507. The number of nitrogens with zero attached hydrogens (tertiary/aromatic N) is 1. The van der Waals surface area contributed by atoms with Gasteiger partial charge in [-0.1, -0.05) is 6.07 Å². The number of rotatable bonds is 5. The van der Waals surface area contributed by atoms with Crippen LogP contribution in [0.1, 0.15) is 9.67 Å². The monoisotopic (exact) mass is 269 g/mol. The molecule has 0 bridgehead atoms. The molecule has 3 N–H and O–H groups in total. The van der Waals surface area contributed by atoms with E-state index in [-0.39, 0.29) is 5.91 Å². The Morgan fingerprint density at radius 1 is 1.56 bits per heavy atom. The van der Waals surface area contributed by atoms with E-state index >= 15 is 0 Å². The highest BCUT2D eigenvalue weighted by atomic mass is 32.1. The van der Waals surface area contributed by atoms with Crippen LogP contribution in [0.3, 0.4) is 0 Å². The lowest BCUT2D eigenvalue weighted by Gasteiger charge is -2.29. The van der Waals surface area contributed by atoms with Gasteiger partial charge in [-0.25, -0.2) is 0 Å². The third-order valence-electron chi connectivity index (χ3n) is 2.92. The Bertz CT molecular complexity index is 363. The molecule has 1 aliphatic rings. The zero-order valence-electron chi connectivity index (χ0n) is 10.3. The van der Waals surface area contributed by atoms with E-state index in [1.54, 1.807) is 6.07 Å². The van der Waals surface area contributed by atoms with Crippen molar-refractivity contribution in [2.45, 2.75) is 6.10 Å². The Morgan fingerprint density at radius 2 is 2.33 bits per heavy atom. The van der Waals surface area contributed by atoms with Crippen molar-refractivity contribution in [1.29, 1.82) is 0 Å². The van der Waals surface area contributed by atoms with Gasteiger partial charge < -0.3 is 15.7 Å². The van der Waals surface area contributed by atoms with E-state index in [9.17, 15) is 9.90 Å². The Labute approximate surface area is 111 Å². The van der Waals surface area contributed by atoms with Crippen molar-refractivity contribution < 1.29 is 9.90 Å². The van der Waals surface area contributed by atoms with E-state index in [1.165, 1.54) is 11.3 Å². The Kier molecular flexibility index (Phi) is 5.12. The van der Waals surface area contributed by atoms with E-state index in [2.05, 4.69) is 15.5 Å². The van der Waals surface area contributed by atoms with Crippen LogP contribution >= 0.6 is 11.3 Å². The summed E-state index contributed by atoms with van der Waals surface area (Å²) in [6.45, 7) is 4.77. The van der Waals surface area contributed by atoms with Crippen molar-refractivity contribution in [2.24, 2.45) is 0 Å². The van der Waals surface area contributed by atoms with Gasteiger partial charge >= 0.3 is 0 Å². The van der Waals surface area contributed by atoms with Gasteiger partial charge in [0.2, 0.25) is 0 Å². The highest BCUT2D eigenvalue weighted by Crippen LogP contribution is 2.07. The minimum absolute atomic E-state index is 0.107. The maximum atomic E-state index is 11.7. The Balaban J connectivity index is 1.68. The molecule has 2 rings (SSSR count). The Hall–Kier alpha value is -0.950. The molecule has 1 unspecified atom stereocenters. The number of piperazine rings is 1. The van der Waals surface area contributed by atoms with E-state index in [4.69, 9.17) is 0 Å². The molecule has 1 fully saturated rings. The zero-order valence-corrected chi connectivity index (χ0v) is 11.1. The van der Waals surface area contributed by atoms with Gasteiger partial charge in [0.1, 0.15) is 0 Å². The summed E-state index contributed by atoms with van der Waals surface area (Å²) in [5.41, 5.74) is 0. The topological polar surface area (TPSA) is 64.6 Å². The molecule has 2 heterocycles. The average Bonchev–Trinajstić information content (AvgIpc) is 2.91. The summed E-state index contributed by atoms with van der Waals surface area (Å²) in [4.78, 5) is 14.6. The average molecular weight is 269 g/mol. The number of thiophene rings is 1. The molecule has 0 aromatic carbocycles. The molecule has 1 aromatic heterocycles. The van der Waals surface area contributed by atoms with Crippen molar-refractivity contribution in [3.63, 3.8) is 0 Å². The van der Waals surface area contributed by atoms with Crippen LogP contribution in [-0.2, 0) is 0 Å². The van der Waals surface area contributed by atoms with Crippen LogP contribution in [0.2, 0.25) is 0 Å². The number of nitrogens with one attached hydrogen (secondary N) is 2. The summed E-state index contributed by atoms with van der Waals surface area (Å²) in [5, 5.41) is 17.8. The summed E-state index contributed by atoms with van der Waals surface area (Å²) >= 11 is 1.41. The summed E-state index contributed by atoms with van der Waals surface area (Å²) in [6, 6.07) is 3.62. The molecular weight excluding hydrogens is 250 g/mol. The van der Waals surface area contributed by atoms with Crippen molar-refractivity contribution in [3.8, 4) is 0 Å². The third kappa shape index (κ3) is 4.06. The molecule has 0 spiro atoms. The molecule has 0 saturated carbocycles. The van der Waals surface area contributed by atoms with Crippen molar-refractivity contribution in [3.05, 3.63) is 22.4 Å². The summed E-state index contributed by atoms with van der Waals surface area (Å²) in [5.74, 6) is -0.107. The van der Waals surface area contributed by atoms with Gasteiger partial charge in [0, 0.05) is 39.3 Å². The summed E-state index contributed by atoms with van der Waals surface area (Å²) < 4.78 is 0. The lowest BCUT2D eigenvalue weighted by Crippen LogP contribution is -2.48. The fourth-order valence-corrected chi connectivity index (χ4v) is 2.60. The first-order valence-corrected chi connectivity index (χ1v) is 7.06. The normalized spacial score (nSPS) is 18.5. The lowest BCUT2D eigenvalue weighted by molar-refractivity contribution is 0.0845. The first-order chi connectivity index (χ1) is 8.75.